The molecule has 1 aliphatic rings. The van der Waals surface area contributed by atoms with E-state index in [2.05, 4.69) is 15.4 Å². The first-order valence-corrected chi connectivity index (χ1v) is 13.1. The van der Waals surface area contributed by atoms with Crippen LogP contribution >= 0.6 is 11.8 Å². The van der Waals surface area contributed by atoms with Gasteiger partial charge in [0.15, 0.2) is 12.3 Å². The molecule has 11 nitrogen and oxygen atoms in total. The highest BCUT2D eigenvalue weighted by Crippen LogP contribution is 2.36. The molecular weight excluding hydrogens is 536 g/mol. The van der Waals surface area contributed by atoms with Crippen LogP contribution in [0.3, 0.4) is 0 Å². The highest BCUT2D eigenvalue weighted by atomic mass is 32.2. The number of nitrogens with zero attached hydrogens (tertiary/aromatic N) is 3. The van der Waals surface area contributed by atoms with Crippen molar-refractivity contribution >= 4 is 46.7 Å². The zero-order valence-corrected chi connectivity index (χ0v) is 22.0. The van der Waals surface area contributed by atoms with E-state index in [-0.39, 0.29) is 5.91 Å². The van der Waals surface area contributed by atoms with Gasteiger partial charge in [-0.05, 0) is 54.6 Å². The highest BCUT2D eigenvalue weighted by molar-refractivity contribution is 7.99. The van der Waals surface area contributed by atoms with Gasteiger partial charge in [0.25, 0.3) is 5.91 Å². The maximum atomic E-state index is 12.4. The summed E-state index contributed by atoms with van der Waals surface area (Å²) in [5, 5.41) is 48.8. The Balaban J connectivity index is 1.60. The van der Waals surface area contributed by atoms with E-state index >= 15 is 0 Å². The minimum atomic E-state index is -1.83. The van der Waals surface area contributed by atoms with Gasteiger partial charge in [-0.1, -0.05) is 30.0 Å². The molecule has 206 valence electrons. The van der Waals surface area contributed by atoms with Gasteiger partial charge in [-0.3, -0.25) is 9.78 Å². The molecule has 0 aliphatic carbocycles. The van der Waals surface area contributed by atoms with Crippen molar-refractivity contribution in [3.05, 3.63) is 83.8 Å². The Bertz CT molecular complexity index is 1580. The molecule has 1 aliphatic heterocycles. The summed E-state index contributed by atoms with van der Waals surface area (Å²) >= 11 is 1.34. The predicted octanol–water partition coefficient (Wildman–Crippen LogP) is 2.18. The third-order valence-corrected chi connectivity index (χ3v) is 7.53. The number of carbonyl (C=O) groups excluding carboxylic acids is 1. The topological polar surface area (TPSA) is 167 Å². The quantitative estimate of drug-likeness (QED) is 0.225. The zero-order valence-electron chi connectivity index (χ0n) is 21.2. The minimum Gasteiger partial charge on any atom is -0.479 e. The molecule has 1 amide bonds. The van der Waals surface area contributed by atoms with E-state index in [4.69, 9.17) is 4.74 Å². The third-order valence-electron chi connectivity index (χ3n) is 6.47. The number of aliphatic carboxylic acids is 1. The molecule has 5 N–H and O–H groups in total. The number of aliphatic hydroxyl groups is 3. The van der Waals surface area contributed by atoms with Crippen molar-refractivity contribution in [3.63, 3.8) is 0 Å². The lowest BCUT2D eigenvalue weighted by atomic mass is 9.98. The summed E-state index contributed by atoms with van der Waals surface area (Å²) in [5.41, 5.74) is 2.13. The molecule has 1 fully saturated rings. The van der Waals surface area contributed by atoms with Crippen LogP contribution in [0.15, 0.2) is 76.7 Å². The monoisotopic (exact) mass is 562 g/mol. The molecular formula is C28H26N4O7S. The van der Waals surface area contributed by atoms with Crippen molar-refractivity contribution < 1.29 is 34.8 Å². The fraction of sp³-hybridized carbons (Fsp3) is 0.214. The number of nitrogens with one attached hydrogen (secondary N) is 1. The van der Waals surface area contributed by atoms with E-state index in [1.807, 2.05) is 36.4 Å². The molecule has 2 aromatic heterocycles. The SMILES string of the molecule is CNC(=O)c1ccccc1Sc1ccc2c(/C=C/c3ccccn3)nn([C@@H]3OC(C(=O)O)[C@@H](O)[C@H](O)C3O)c2c1. The van der Waals surface area contributed by atoms with Gasteiger partial charge in [0.2, 0.25) is 0 Å². The molecule has 40 heavy (non-hydrogen) atoms. The Morgan fingerprint density at radius 2 is 1.77 bits per heavy atom. The van der Waals surface area contributed by atoms with Gasteiger partial charge in [0, 0.05) is 28.4 Å². The van der Waals surface area contributed by atoms with Crippen LogP contribution in [0, 0.1) is 0 Å². The molecule has 1 saturated heterocycles. The summed E-state index contributed by atoms with van der Waals surface area (Å²) in [5.74, 6) is -1.72. The van der Waals surface area contributed by atoms with Crippen LogP contribution in [-0.4, -0.2) is 78.5 Å². The second-order valence-corrected chi connectivity index (χ2v) is 10.1. The van der Waals surface area contributed by atoms with Gasteiger partial charge in [-0.25, -0.2) is 9.48 Å². The van der Waals surface area contributed by atoms with Crippen molar-refractivity contribution in [2.45, 2.75) is 40.4 Å². The molecule has 2 aromatic carbocycles. The summed E-state index contributed by atoms with van der Waals surface area (Å²) < 4.78 is 6.88. The zero-order chi connectivity index (χ0) is 28.4. The summed E-state index contributed by atoms with van der Waals surface area (Å²) in [6, 6.07) is 18.0. The molecule has 2 unspecified atom stereocenters. The number of aliphatic hydroxyl groups excluding tert-OH is 3. The average Bonchev–Trinajstić information content (AvgIpc) is 3.32. The van der Waals surface area contributed by atoms with Crippen LogP contribution < -0.4 is 5.32 Å². The molecule has 0 saturated carbocycles. The number of amides is 1. The summed E-state index contributed by atoms with van der Waals surface area (Å²) in [6.07, 6.45) is -3.36. The lowest BCUT2D eigenvalue weighted by molar-refractivity contribution is -0.248. The number of carbonyl (C=O) groups is 2. The van der Waals surface area contributed by atoms with Crippen LogP contribution in [0.4, 0.5) is 0 Å². The number of fused-ring (bicyclic) bond motifs is 1. The second kappa shape index (κ2) is 11.6. The molecule has 5 atom stereocenters. The minimum absolute atomic E-state index is 0.234. The number of rotatable bonds is 7. The second-order valence-electron chi connectivity index (χ2n) is 9.03. The summed E-state index contributed by atoms with van der Waals surface area (Å²) in [4.78, 5) is 29.8. The van der Waals surface area contributed by atoms with E-state index in [9.17, 15) is 30.0 Å². The number of pyridine rings is 1. The number of aromatic nitrogens is 3. The van der Waals surface area contributed by atoms with Gasteiger partial charge in [0.05, 0.1) is 22.5 Å². The van der Waals surface area contributed by atoms with E-state index in [0.717, 1.165) is 4.90 Å². The first-order chi connectivity index (χ1) is 19.3. The van der Waals surface area contributed by atoms with Crippen molar-refractivity contribution in [1.29, 1.82) is 0 Å². The van der Waals surface area contributed by atoms with Gasteiger partial charge in [-0.2, -0.15) is 5.10 Å². The lowest BCUT2D eigenvalue weighted by Gasteiger charge is -2.38. The van der Waals surface area contributed by atoms with E-state index in [1.165, 1.54) is 16.4 Å². The van der Waals surface area contributed by atoms with Crippen molar-refractivity contribution in [2.75, 3.05) is 7.05 Å². The van der Waals surface area contributed by atoms with Crippen LogP contribution in [0.1, 0.15) is 28.0 Å². The highest BCUT2D eigenvalue weighted by Gasteiger charge is 2.48. The van der Waals surface area contributed by atoms with Gasteiger partial charge < -0.3 is 30.5 Å². The Morgan fingerprint density at radius 3 is 2.50 bits per heavy atom. The smallest absolute Gasteiger partial charge is 0.335 e. The maximum Gasteiger partial charge on any atom is 0.335 e. The van der Waals surface area contributed by atoms with E-state index < -0.39 is 36.6 Å². The molecule has 0 bridgehead atoms. The summed E-state index contributed by atoms with van der Waals surface area (Å²) in [7, 11) is 1.56. The number of ether oxygens (including phenoxy) is 1. The molecule has 0 spiro atoms. The first kappa shape index (κ1) is 27.5. The molecule has 3 heterocycles. The molecule has 12 heteroatoms. The van der Waals surface area contributed by atoms with Crippen molar-refractivity contribution in [1.82, 2.24) is 20.1 Å². The summed E-state index contributed by atoms with van der Waals surface area (Å²) in [6.45, 7) is 0. The van der Waals surface area contributed by atoms with Gasteiger partial charge in [0.1, 0.15) is 18.3 Å². The Hall–Kier alpha value is -4.07. The molecule has 4 aromatic rings. The van der Waals surface area contributed by atoms with E-state index in [0.29, 0.717) is 32.7 Å². The fourth-order valence-corrected chi connectivity index (χ4v) is 5.41. The van der Waals surface area contributed by atoms with Gasteiger partial charge >= 0.3 is 5.97 Å². The Kier molecular flexibility index (Phi) is 7.96. The van der Waals surface area contributed by atoms with Crippen molar-refractivity contribution in [2.24, 2.45) is 0 Å². The predicted molar refractivity (Wildman–Crippen MR) is 146 cm³/mol. The normalized spacial score (nSPS) is 22.9. The average molecular weight is 563 g/mol. The number of carboxylic acids is 1. The van der Waals surface area contributed by atoms with Crippen molar-refractivity contribution in [3.8, 4) is 0 Å². The van der Waals surface area contributed by atoms with Gasteiger partial charge in [-0.15, -0.1) is 0 Å². The number of hydrogen-bond acceptors (Lipinski definition) is 9. The Labute approximate surface area is 232 Å². The number of benzene rings is 2. The van der Waals surface area contributed by atoms with Crippen LogP contribution in [0.5, 0.6) is 0 Å². The molecule has 0 radical (unpaired) electrons. The van der Waals surface area contributed by atoms with Crippen LogP contribution in [-0.2, 0) is 9.53 Å². The first-order valence-electron chi connectivity index (χ1n) is 12.3. The molecule has 5 rings (SSSR count). The Morgan fingerprint density at radius 1 is 1.00 bits per heavy atom. The van der Waals surface area contributed by atoms with E-state index in [1.54, 1.807) is 49.7 Å². The third kappa shape index (κ3) is 5.35. The number of hydrogen-bond donors (Lipinski definition) is 5. The maximum absolute atomic E-state index is 12.4. The fourth-order valence-electron chi connectivity index (χ4n) is 4.43. The standard InChI is InChI=1S/C28H26N4O7S/c1-29-26(36)18-7-2-3-8-21(18)40-16-10-11-17-19(12-9-15-6-4-5-13-30-15)31-32(20(17)14-16)27-24(35)22(33)23(34)25(39-27)28(37)38/h2-14,22-25,27,33-35H,1H3,(H,29,36)(H,37,38)/b12-9+/t22-,23-,24?,25?,27+/m0/s1. The lowest BCUT2D eigenvalue weighted by Crippen LogP contribution is -2.57. The largest absolute Gasteiger partial charge is 0.479 e. The number of carboxylic acid groups (broad SMARTS) is 1. The van der Waals surface area contributed by atoms with Crippen LogP contribution in [0.2, 0.25) is 0 Å². The van der Waals surface area contributed by atoms with Crippen LogP contribution in [0.25, 0.3) is 23.1 Å².